The summed E-state index contributed by atoms with van der Waals surface area (Å²) in [6, 6.07) is 14.9. The quantitative estimate of drug-likeness (QED) is 0.157. The Morgan fingerprint density at radius 2 is 1.65 bits per heavy atom. The second kappa shape index (κ2) is 8.51. The minimum Gasteiger partial charge on any atom is -0.454 e. The second-order valence-electron chi connectivity index (χ2n) is 10.5. The van der Waals surface area contributed by atoms with Crippen molar-refractivity contribution in [2.75, 3.05) is 11.7 Å². The summed E-state index contributed by atoms with van der Waals surface area (Å²) >= 11 is 0. The van der Waals surface area contributed by atoms with Crippen LogP contribution in [-0.2, 0) is 14.4 Å². The molecule has 1 aliphatic carbocycles. The zero-order valence-corrected chi connectivity index (χ0v) is 21.5. The van der Waals surface area contributed by atoms with Gasteiger partial charge in [0.15, 0.2) is 11.5 Å². The molecule has 3 heterocycles. The number of carbonyl (C=O) groups excluding carboxylic acids is 3. The van der Waals surface area contributed by atoms with Gasteiger partial charge in [-0.15, -0.1) is 0 Å². The van der Waals surface area contributed by atoms with Crippen LogP contribution < -0.4 is 19.1 Å². The first-order valence-electron chi connectivity index (χ1n) is 12.8. The van der Waals surface area contributed by atoms with Gasteiger partial charge in [0.1, 0.15) is 5.75 Å². The molecule has 0 N–H and O–H groups in total. The lowest BCUT2D eigenvalue weighted by Gasteiger charge is -2.38. The first-order chi connectivity index (χ1) is 19.2. The fourth-order valence-corrected chi connectivity index (χ4v) is 6.30. The van der Waals surface area contributed by atoms with Gasteiger partial charge >= 0.3 is 5.97 Å². The van der Waals surface area contributed by atoms with E-state index in [0.717, 1.165) is 16.0 Å². The third-order valence-electron chi connectivity index (χ3n) is 8.18. The Kier molecular flexibility index (Phi) is 5.12. The number of nitrogens with zero attached hydrogens (tertiary/aromatic N) is 2. The van der Waals surface area contributed by atoms with E-state index in [-0.39, 0.29) is 18.2 Å². The van der Waals surface area contributed by atoms with Crippen LogP contribution in [0.1, 0.15) is 28.2 Å². The molecule has 40 heavy (non-hydrogen) atoms. The number of esters is 1. The minimum atomic E-state index is -1.07. The third kappa shape index (κ3) is 3.38. The van der Waals surface area contributed by atoms with Gasteiger partial charge in [-0.3, -0.25) is 24.5 Å². The average Bonchev–Trinajstić information content (AvgIpc) is 3.50. The van der Waals surface area contributed by atoms with Crippen LogP contribution in [0.15, 0.2) is 60.7 Å². The van der Waals surface area contributed by atoms with Crippen LogP contribution in [0.4, 0.5) is 11.4 Å². The molecule has 3 aromatic rings. The molecule has 4 aliphatic rings. The molecule has 3 aliphatic heterocycles. The van der Waals surface area contributed by atoms with E-state index >= 15 is 0 Å². The fourth-order valence-electron chi connectivity index (χ4n) is 6.30. The SMILES string of the molecule is Cc1ccc2c(c1)OC(=O)[C@@H]1C2=C[C@H](c2ccc3c(c2)OCO3)[C@H]2C(=O)N(c3cc([N+](=O)[O-])ccc3C)C(=O)[C@H]12. The third-order valence-corrected chi connectivity index (χ3v) is 8.18. The van der Waals surface area contributed by atoms with E-state index in [1.54, 1.807) is 25.1 Å². The zero-order chi connectivity index (χ0) is 27.9. The molecule has 0 unspecified atom stereocenters. The number of ether oxygens (including phenoxy) is 3. The highest BCUT2D eigenvalue weighted by molar-refractivity contribution is 6.25. The van der Waals surface area contributed by atoms with Crippen LogP contribution in [-0.4, -0.2) is 29.5 Å². The molecule has 0 aromatic heterocycles. The predicted octanol–water partition coefficient (Wildman–Crippen LogP) is 4.46. The summed E-state index contributed by atoms with van der Waals surface area (Å²) in [6.45, 7) is 3.64. The van der Waals surface area contributed by atoms with Crippen LogP contribution in [0.3, 0.4) is 0 Å². The predicted molar refractivity (Wildman–Crippen MR) is 141 cm³/mol. The van der Waals surface area contributed by atoms with E-state index in [1.165, 1.54) is 18.2 Å². The molecular formula is C30H22N2O8. The Morgan fingerprint density at radius 1 is 0.875 bits per heavy atom. The van der Waals surface area contributed by atoms with Crippen molar-refractivity contribution in [3.05, 3.63) is 93.0 Å². The number of anilines is 1. The molecule has 10 nitrogen and oxygen atoms in total. The molecular weight excluding hydrogens is 516 g/mol. The highest BCUT2D eigenvalue weighted by Gasteiger charge is 2.60. The van der Waals surface area contributed by atoms with Crippen LogP contribution in [0.5, 0.6) is 17.2 Å². The van der Waals surface area contributed by atoms with Crippen molar-refractivity contribution in [3.63, 3.8) is 0 Å². The van der Waals surface area contributed by atoms with Crippen molar-refractivity contribution in [1.29, 1.82) is 0 Å². The van der Waals surface area contributed by atoms with Gasteiger partial charge in [0, 0.05) is 23.6 Å². The topological polar surface area (TPSA) is 125 Å². The number of carbonyl (C=O) groups is 3. The standard InChI is InChI=1S/C30H22N2O8/c1-14-3-7-18-20-12-19(16-5-8-22-24(10-16)39-13-38-22)25-27(26(20)30(35)40-23(18)9-14)29(34)31(28(25)33)21-11-17(32(36)37)6-4-15(21)2/h3-12,19,25-27H,13H2,1-2H3/t19-,25-,26-,27+/m1/s1. The largest absolute Gasteiger partial charge is 0.454 e. The Balaban J connectivity index is 1.42. The van der Waals surface area contributed by atoms with E-state index in [2.05, 4.69) is 0 Å². The van der Waals surface area contributed by atoms with Gasteiger partial charge in [-0.2, -0.15) is 0 Å². The van der Waals surface area contributed by atoms with Crippen molar-refractivity contribution in [1.82, 2.24) is 0 Å². The fraction of sp³-hybridized carbons (Fsp3) is 0.233. The summed E-state index contributed by atoms with van der Waals surface area (Å²) in [6.07, 6.45) is 1.88. The van der Waals surface area contributed by atoms with Crippen LogP contribution in [0, 0.1) is 41.7 Å². The lowest BCUT2D eigenvalue weighted by atomic mass is 9.64. The first kappa shape index (κ1) is 24.1. The Bertz CT molecular complexity index is 1710. The maximum absolute atomic E-state index is 14.2. The molecule has 7 rings (SSSR count). The molecule has 2 amide bonds. The van der Waals surface area contributed by atoms with Gasteiger partial charge in [0.25, 0.3) is 5.69 Å². The number of allylic oxidation sites excluding steroid dienone is 1. The van der Waals surface area contributed by atoms with Gasteiger partial charge in [-0.1, -0.05) is 30.3 Å². The van der Waals surface area contributed by atoms with Gasteiger partial charge in [0.05, 0.1) is 28.4 Å². The van der Waals surface area contributed by atoms with Gasteiger partial charge < -0.3 is 14.2 Å². The minimum absolute atomic E-state index is 0.0779. The molecule has 1 saturated heterocycles. The van der Waals surface area contributed by atoms with Gasteiger partial charge in [-0.25, -0.2) is 4.90 Å². The Morgan fingerprint density at radius 3 is 2.45 bits per heavy atom. The van der Waals surface area contributed by atoms with E-state index in [9.17, 15) is 24.5 Å². The Labute approximate surface area is 227 Å². The molecule has 4 atom stereocenters. The van der Waals surface area contributed by atoms with Crippen LogP contribution in [0.2, 0.25) is 0 Å². The van der Waals surface area contributed by atoms with Crippen LogP contribution in [0.25, 0.3) is 5.57 Å². The van der Waals surface area contributed by atoms with E-state index in [0.29, 0.717) is 33.9 Å². The lowest BCUT2D eigenvalue weighted by molar-refractivity contribution is -0.384. The summed E-state index contributed by atoms with van der Waals surface area (Å²) < 4.78 is 16.7. The molecule has 1 fully saturated rings. The summed E-state index contributed by atoms with van der Waals surface area (Å²) in [7, 11) is 0. The average molecular weight is 539 g/mol. The van der Waals surface area contributed by atoms with Crippen molar-refractivity contribution in [3.8, 4) is 17.2 Å². The highest BCUT2D eigenvalue weighted by atomic mass is 16.7. The zero-order valence-electron chi connectivity index (χ0n) is 21.5. The molecule has 200 valence electrons. The number of hydrogen-bond acceptors (Lipinski definition) is 8. The normalized spacial score (nSPS) is 24.2. The maximum Gasteiger partial charge on any atom is 0.319 e. The molecule has 0 saturated carbocycles. The molecule has 10 heteroatoms. The number of fused-ring (bicyclic) bond motifs is 6. The second-order valence-corrected chi connectivity index (χ2v) is 10.5. The summed E-state index contributed by atoms with van der Waals surface area (Å²) in [5, 5.41) is 11.5. The number of nitro benzene ring substituents is 1. The van der Waals surface area contributed by atoms with Gasteiger partial charge in [-0.05, 0) is 54.3 Å². The summed E-state index contributed by atoms with van der Waals surface area (Å²) in [5.41, 5.74) is 3.33. The number of nitro groups is 1. The van der Waals surface area contributed by atoms with Crippen molar-refractivity contribution >= 4 is 34.7 Å². The van der Waals surface area contributed by atoms with Crippen LogP contribution >= 0.6 is 0 Å². The van der Waals surface area contributed by atoms with Crippen molar-refractivity contribution in [2.24, 2.45) is 17.8 Å². The molecule has 0 bridgehead atoms. The van der Waals surface area contributed by atoms with Crippen molar-refractivity contribution < 1.29 is 33.5 Å². The summed E-state index contributed by atoms with van der Waals surface area (Å²) in [4.78, 5) is 53.8. The number of amides is 2. The van der Waals surface area contributed by atoms with Crippen molar-refractivity contribution in [2.45, 2.75) is 19.8 Å². The first-order valence-corrected chi connectivity index (χ1v) is 12.8. The number of non-ortho nitro benzene ring substituents is 1. The summed E-state index contributed by atoms with van der Waals surface area (Å²) in [5.74, 6) is -3.84. The number of aryl methyl sites for hydroxylation is 2. The number of imide groups is 1. The lowest BCUT2D eigenvalue weighted by Crippen LogP contribution is -2.42. The molecule has 3 aromatic carbocycles. The monoisotopic (exact) mass is 538 g/mol. The smallest absolute Gasteiger partial charge is 0.319 e. The molecule has 0 radical (unpaired) electrons. The molecule has 0 spiro atoms. The Hall–Kier alpha value is -4.99. The maximum atomic E-state index is 14.2. The number of benzene rings is 3. The number of rotatable bonds is 3. The highest BCUT2D eigenvalue weighted by Crippen LogP contribution is 2.55. The van der Waals surface area contributed by atoms with E-state index in [1.807, 2.05) is 31.2 Å². The number of hydrogen-bond donors (Lipinski definition) is 0. The van der Waals surface area contributed by atoms with E-state index < -0.39 is 46.4 Å². The van der Waals surface area contributed by atoms with Gasteiger partial charge in [0.2, 0.25) is 18.6 Å². The van der Waals surface area contributed by atoms with E-state index in [4.69, 9.17) is 14.2 Å².